The summed E-state index contributed by atoms with van der Waals surface area (Å²) in [6, 6.07) is 0. The first-order chi connectivity index (χ1) is 5.81. The van der Waals surface area contributed by atoms with Crippen LogP contribution >= 0.6 is 43.7 Å². The maximum atomic E-state index is 9.06. The molecule has 0 radical (unpaired) electrons. The molecule has 0 amide bonds. The van der Waals surface area contributed by atoms with Gasteiger partial charge in [0.1, 0.15) is 0 Å². The van der Waals surface area contributed by atoms with Gasteiger partial charge in [-0.25, -0.2) is 0 Å². The summed E-state index contributed by atoms with van der Waals surface area (Å²) in [5.74, 6) is 0. The van der Waals surface area contributed by atoms with E-state index in [9.17, 15) is 0 Å². The molecule has 0 spiro atoms. The molecule has 0 rings (SSSR count). The summed E-state index contributed by atoms with van der Waals surface area (Å²) in [4.78, 5) is 0. The zero-order chi connectivity index (χ0) is 9.23. The van der Waals surface area contributed by atoms with Crippen molar-refractivity contribution < 1.29 is 33.1 Å². The molecule has 1 atom stereocenters. The van der Waals surface area contributed by atoms with Crippen molar-refractivity contribution in [1.82, 2.24) is 3.53 Å². The van der Waals surface area contributed by atoms with E-state index in [0.29, 0.717) is 6.61 Å². The summed E-state index contributed by atoms with van der Waals surface area (Å²) in [6.45, 7) is 1.42. The number of alkyl halides is 1. The van der Waals surface area contributed by atoms with Gasteiger partial charge in [0.2, 0.25) is 0 Å². The second-order valence-electron chi connectivity index (χ2n) is 1.66. The molecule has 0 aliphatic rings. The molecule has 4 nitrogen and oxygen atoms in total. The van der Waals surface area contributed by atoms with E-state index in [0.717, 1.165) is 13.0 Å². The Morgan fingerprint density at radius 2 is 2.42 bits per heavy atom. The molecule has 7 heteroatoms. The van der Waals surface area contributed by atoms with Gasteiger partial charge in [-0.3, -0.25) is 0 Å². The van der Waals surface area contributed by atoms with Crippen molar-refractivity contribution in [3.05, 3.63) is 0 Å². The van der Waals surface area contributed by atoms with Crippen LogP contribution < -0.4 is 25.4 Å². The fraction of sp³-hybridized carbons (Fsp3) is 0.800. The normalized spacial score (nSPS) is 13.5. The van der Waals surface area contributed by atoms with Crippen LogP contribution in [0.4, 0.5) is 0 Å². The molecule has 1 unspecified atom stereocenters. The van der Waals surface area contributed by atoms with Gasteiger partial charge in [-0.2, -0.15) is 0 Å². The Labute approximate surface area is 107 Å². The third kappa shape index (κ3) is 9.98. The summed E-state index contributed by atoms with van der Waals surface area (Å²) in [5.41, 5.74) is 0. The van der Waals surface area contributed by atoms with E-state index in [1.165, 1.54) is 0 Å². The SMILES string of the molecule is C=IC(O)N[I-]OCCCOI. The van der Waals surface area contributed by atoms with E-state index in [4.69, 9.17) is 11.2 Å². The van der Waals surface area contributed by atoms with Gasteiger partial charge in [-0.15, -0.1) is 0 Å². The first kappa shape index (κ1) is 13.9. The molecule has 0 aromatic rings. The van der Waals surface area contributed by atoms with Gasteiger partial charge < -0.3 is 0 Å². The molecule has 0 aliphatic carbocycles. The summed E-state index contributed by atoms with van der Waals surface area (Å²) >= 11 is 0.980. The zero-order valence-electron chi connectivity index (χ0n) is 6.30. The van der Waals surface area contributed by atoms with Crippen LogP contribution in [0.3, 0.4) is 0 Å². The molecule has 0 aliphatic heterocycles. The molecule has 0 fully saturated rings. The maximum absolute atomic E-state index is 9.06. The van der Waals surface area contributed by atoms with Crippen molar-refractivity contribution in [3.8, 4) is 0 Å². The molecule has 0 saturated carbocycles. The van der Waals surface area contributed by atoms with Crippen molar-refractivity contribution >= 4 is 48.3 Å². The first-order valence-corrected chi connectivity index (χ1v) is 8.72. The Morgan fingerprint density at radius 3 is 3.00 bits per heavy atom. The monoisotopic (exact) mass is 514 g/mol. The first-order valence-electron chi connectivity index (χ1n) is 3.11. The second-order valence-corrected chi connectivity index (χ2v) is 6.03. The third-order valence-electron chi connectivity index (χ3n) is 0.778. The Hall–Kier alpha value is 1.90. The summed E-state index contributed by atoms with van der Waals surface area (Å²) in [6.07, 6.45) is 0.903. The molecule has 0 aromatic carbocycles. The molecule has 76 valence electrons. The third-order valence-corrected chi connectivity index (χ3v) is 5.15. The van der Waals surface area contributed by atoms with Crippen molar-refractivity contribution in [1.29, 1.82) is 0 Å². The van der Waals surface area contributed by atoms with Crippen LogP contribution in [-0.4, -0.2) is 27.1 Å². The number of aliphatic hydroxyl groups excluding tert-OH is 1. The van der Waals surface area contributed by atoms with E-state index in [1.54, 1.807) is 0 Å². The van der Waals surface area contributed by atoms with Crippen LogP contribution in [-0.2, 0) is 6.13 Å². The van der Waals surface area contributed by atoms with Crippen LogP contribution in [0.1, 0.15) is 6.42 Å². The van der Waals surface area contributed by atoms with Crippen LogP contribution in [0, 0.1) is 0 Å². The topological polar surface area (TPSA) is 50.7 Å². The Bertz CT molecular complexity index is 116. The van der Waals surface area contributed by atoms with Crippen molar-refractivity contribution in [2.45, 2.75) is 10.7 Å². The quantitative estimate of drug-likeness (QED) is 0.0980. The Morgan fingerprint density at radius 1 is 1.67 bits per heavy atom. The Kier molecular flexibility index (Phi) is 12.7. The molecule has 2 N–H and O–H groups in total. The minimum absolute atomic E-state index is 0.369. The number of halogens is 3. The van der Waals surface area contributed by atoms with E-state index in [-0.39, 0.29) is 20.7 Å². The van der Waals surface area contributed by atoms with Crippen molar-refractivity contribution in [2.75, 3.05) is 13.2 Å². The number of hydrogen-bond donors (Lipinski definition) is 2. The predicted octanol–water partition coefficient (Wildman–Crippen LogP) is -2.05. The molecule has 0 aromatic heterocycles. The van der Waals surface area contributed by atoms with Crippen LogP contribution in [0.25, 0.3) is 0 Å². The summed E-state index contributed by atoms with van der Waals surface area (Å²) in [5, 5.41) is 9.06. The van der Waals surface area contributed by atoms with E-state index in [1.807, 2.05) is 23.0 Å². The predicted molar refractivity (Wildman–Crippen MR) is 60.8 cm³/mol. The fourth-order valence-corrected chi connectivity index (χ4v) is 3.46. The van der Waals surface area contributed by atoms with Crippen LogP contribution in [0.15, 0.2) is 0 Å². The standard InChI is InChI=1S/C5H11I3NO3/c1-7-5(10)9-8-12-4-2-3-11-6/h5,9-10H,1-4H2/q-1. The van der Waals surface area contributed by atoms with Gasteiger partial charge in [0.25, 0.3) is 0 Å². The number of hydrogen-bond acceptors (Lipinski definition) is 4. The van der Waals surface area contributed by atoms with Gasteiger partial charge in [-0.1, -0.05) is 0 Å². The molecular weight excluding hydrogens is 503 g/mol. The molecule has 0 saturated heterocycles. The average molecular weight is 514 g/mol. The zero-order valence-corrected chi connectivity index (χ0v) is 12.8. The van der Waals surface area contributed by atoms with Gasteiger partial charge >= 0.3 is 109 Å². The number of nitrogens with one attached hydrogen (secondary N) is 1. The second kappa shape index (κ2) is 11.0. The molecule has 12 heavy (non-hydrogen) atoms. The van der Waals surface area contributed by atoms with Crippen LogP contribution in [0.5, 0.6) is 0 Å². The molecular formula is C5H11I3NO3-. The molecule has 0 bridgehead atoms. The van der Waals surface area contributed by atoms with Crippen molar-refractivity contribution in [3.63, 3.8) is 0 Å². The van der Waals surface area contributed by atoms with E-state index in [2.05, 4.69) is 8.04 Å². The average Bonchev–Trinajstić information content (AvgIpc) is 2.10. The van der Waals surface area contributed by atoms with E-state index < -0.39 is 26.1 Å². The van der Waals surface area contributed by atoms with Gasteiger partial charge in [0, 0.05) is 0 Å². The summed E-state index contributed by atoms with van der Waals surface area (Å²) in [7, 11) is 0. The Balaban J connectivity index is 2.95. The minimum atomic E-state index is -0.510. The number of rotatable bonds is 8. The number of aliphatic hydroxyl groups is 1. The van der Waals surface area contributed by atoms with Gasteiger partial charge in [-0.05, 0) is 0 Å². The fourth-order valence-electron chi connectivity index (χ4n) is 0.304. The van der Waals surface area contributed by atoms with Crippen molar-refractivity contribution in [2.24, 2.45) is 0 Å². The van der Waals surface area contributed by atoms with Gasteiger partial charge in [0.05, 0.1) is 0 Å². The van der Waals surface area contributed by atoms with Crippen LogP contribution in [0.2, 0.25) is 0 Å². The van der Waals surface area contributed by atoms with Gasteiger partial charge in [0.15, 0.2) is 0 Å². The summed E-state index contributed by atoms with van der Waals surface area (Å²) < 4.78 is 16.2. The van der Waals surface area contributed by atoms with E-state index >= 15 is 0 Å². The molecule has 0 heterocycles.